The SMILES string of the molecule is CCc1ccc(NS(=O)(=O)c2cn(Cc3ccccc3C#N)c3ncccc23)cc1. The van der Waals surface area contributed by atoms with E-state index in [9.17, 15) is 13.7 Å². The molecule has 0 atom stereocenters. The summed E-state index contributed by atoms with van der Waals surface area (Å²) in [6.45, 7) is 2.39. The normalized spacial score (nSPS) is 11.3. The van der Waals surface area contributed by atoms with E-state index < -0.39 is 10.0 Å². The Morgan fingerprint density at radius 2 is 1.83 bits per heavy atom. The highest BCUT2D eigenvalue weighted by Gasteiger charge is 2.22. The Bertz CT molecular complexity index is 1350. The third-order valence-electron chi connectivity index (χ3n) is 4.98. The van der Waals surface area contributed by atoms with Gasteiger partial charge in [-0.3, -0.25) is 4.72 Å². The Kier molecular flexibility index (Phi) is 5.25. The highest BCUT2D eigenvalue weighted by atomic mass is 32.2. The van der Waals surface area contributed by atoms with Crippen LogP contribution < -0.4 is 4.72 Å². The van der Waals surface area contributed by atoms with Gasteiger partial charge in [-0.2, -0.15) is 5.26 Å². The van der Waals surface area contributed by atoms with E-state index >= 15 is 0 Å². The zero-order valence-electron chi connectivity index (χ0n) is 16.4. The largest absolute Gasteiger partial charge is 0.327 e. The molecule has 4 aromatic rings. The predicted octanol–water partition coefficient (Wildman–Crippen LogP) is 4.32. The first-order chi connectivity index (χ1) is 14.5. The molecule has 0 spiro atoms. The van der Waals surface area contributed by atoms with Gasteiger partial charge in [0.05, 0.1) is 18.2 Å². The molecule has 0 aliphatic rings. The second kappa shape index (κ2) is 8.01. The van der Waals surface area contributed by atoms with Crippen LogP contribution in [0.1, 0.15) is 23.6 Å². The fraction of sp³-hybridized carbons (Fsp3) is 0.130. The number of benzene rings is 2. The van der Waals surface area contributed by atoms with Gasteiger partial charge in [-0.25, -0.2) is 13.4 Å². The number of rotatable bonds is 6. The van der Waals surface area contributed by atoms with Crippen LogP contribution in [-0.4, -0.2) is 18.0 Å². The molecule has 150 valence electrons. The molecule has 0 radical (unpaired) electrons. The van der Waals surface area contributed by atoms with Crippen LogP contribution in [0.4, 0.5) is 5.69 Å². The van der Waals surface area contributed by atoms with Gasteiger partial charge in [0.1, 0.15) is 10.5 Å². The summed E-state index contributed by atoms with van der Waals surface area (Å²) in [5.74, 6) is 0. The van der Waals surface area contributed by atoms with Crippen molar-refractivity contribution in [2.24, 2.45) is 0 Å². The zero-order valence-corrected chi connectivity index (χ0v) is 17.2. The number of anilines is 1. The summed E-state index contributed by atoms with van der Waals surface area (Å²) >= 11 is 0. The van der Waals surface area contributed by atoms with Crippen LogP contribution in [0, 0.1) is 11.3 Å². The molecule has 2 aromatic carbocycles. The highest BCUT2D eigenvalue weighted by Crippen LogP contribution is 2.27. The number of nitriles is 1. The molecule has 1 N–H and O–H groups in total. The molecule has 0 unspecified atom stereocenters. The molecule has 0 fully saturated rings. The van der Waals surface area contributed by atoms with Crippen LogP contribution >= 0.6 is 0 Å². The number of hydrogen-bond acceptors (Lipinski definition) is 4. The lowest BCUT2D eigenvalue weighted by Crippen LogP contribution is -2.12. The van der Waals surface area contributed by atoms with Gasteiger partial charge in [-0.1, -0.05) is 37.3 Å². The molecule has 0 saturated heterocycles. The van der Waals surface area contributed by atoms with Crippen molar-refractivity contribution in [2.75, 3.05) is 4.72 Å². The number of sulfonamides is 1. The van der Waals surface area contributed by atoms with Gasteiger partial charge in [0.15, 0.2) is 0 Å². The number of fused-ring (bicyclic) bond motifs is 1. The maximum Gasteiger partial charge on any atom is 0.264 e. The minimum Gasteiger partial charge on any atom is -0.327 e. The standard InChI is InChI=1S/C23H20N4O2S/c1-2-17-9-11-20(12-10-17)26-30(28,29)22-16-27(23-21(22)8-5-13-25-23)15-19-7-4-3-6-18(19)14-24/h3-13,16,26H,2,15H2,1H3. The Hall–Kier alpha value is -3.63. The minimum atomic E-state index is -3.82. The Labute approximate surface area is 175 Å². The topological polar surface area (TPSA) is 87.8 Å². The molecular weight excluding hydrogens is 396 g/mol. The van der Waals surface area contributed by atoms with Crippen molar-refractivity contribution >= 4 is 26.7 Å². The fourth-order valence-corrected chi connectivity index (χ4v) is 4.67. The number of nitrogens with zero attached hydrogens (tertiary/aromatic N) is 3. The third kappa shape index (κ3) is 3.78. The second-order valence-corrected chi connectivity index (χ2v) is 8.57. The van der Waals surface area contributed by atoms with Crippen LogP contribution in [0.2, 0.25) is 0 Å². The minimum absolute atomic E-state index is 0.152. The van der Waals surface area contributed by atoms with Crippen molar-refractivity contribution < 1.29 is 8.42 Å². The van der Waals surface area contributed by atoms with Crippen molar-refractivity contribution in [1.29, 1.82) is 5.26 Å². The third-order valence-corrected chi connectivity index (χ3v) is 6.39. The van der Waals surface area contributed by atoms with Gasteiger partial charge < -0.3 is 4.57 Å². The number of pyridine rings is 1. The molecule has 0 amide bonds. The smallest absolute Gasteiger partial charge is 0.264 e. The first-order valence-corrected chi connectivity index (χ1v) is 11.0. The average Bonchev–Trinajstić information content (AvgIpc) is 3.14. The Morgan fingerprint density at radius 3 is 2.57 bits per heavy atom. The molecule has 4 rings (SSSR count). The highest BCUT2D eigenvalue weighted by molar-refractivity contribution is 7.93. The average molecular weight is 417 g/mol. The predicted molar refractivity (Wildman–Crippen MR) is 117 cm³/mol. The molecular formula is C23H20N4O2S. The lowest BCUT2D eigenvalue weighted by Gasteiger charge is -2.08. The number of aryl methyl sites for hydroxylation is 1. The second-order valence-electron chi connectivity index (χ2n) is 6.92. The maximum atomic E-state index is 13.2. The zero-order chi connectivity index (χ0) is 21.1. The first kappa shape index (κ1) is 19.7. The van der Waals surface area contributed by atoms with Gasteiger partial charge in [-0.15, -0.1) is 0 Å². The van der Waals surface area contributed by atoms with E-state index in [-0.39, 0.29) is 4.90 Å². The molecule has 0 saturated carbocycles. The molecule has 0 aliphatic carbocycles. The van der Waals surface area contributed by atoms with E-state index in [2.05, 4.69) is 15.8 Å². The Morgan fingerprint density at radius 1 is 1.07 bits per heavy atom. The van der Waals surface area contributed by atoms with Gasteiger partial charge >= 0.3 is 0 Å². The molecule has 6 nitrogen and oxygen atoms in total. The van der Waals surface area contributed by atoms with Crippen LogP contribution in [-0.2, 0) is 23.0 Å². The molecule has 2 heterocycles. The van der Waals surface area contributed by atoms with Crippen LogP contribution in [0.5, 0.6) is 0 Å². The van der Waals surface area contributed by atoms with Gasteiger partial charge in [0, 0.05) is 23.5 Å². The summed E-state index contributed by atoms with van der Waals surface area (Å²) in [6.07, 6.45) is 4.09. The molecule has 2 aromatic heterocycles. The quantitative estimate of drug-likeness (QED) is 0.507. The molecule has 0 aliphatic heterocycles. The summed E-state index contributed by atoms with van der Waals surface area (Å²) in [5.41, 5.74) is 3.54. The molecule has 30 heavy (non-hydrogen) atoms. The van der Waals surface area contributed by atoms with Crippen molar-refractivity contribution in [3.63, 3.8) is 0 Å². The summed E-state index contributed by atoms with van der Waals surface area (Å²) in [5, 5.41) is 9.90. The van der Waals surface area contributed by atoms with Crippen LogP contribution in [0.15, 0.2) is 78.0 Å². The summed E-state index contributed by atoms with van der Waals surface area (Å²) in [7, 11) is -3.82. The van der Waals surface area contributed by atoms with E-state index in [1.807, 2.05) is 31.2 Å². The summed E-state index contributed by atoms with van der Waals surface area (Å²) in [4.78, 5) is 4.54. The molecule has 7 heteroatoms. The number of hydrogen-bond donors (Lipinski definition) is 1. The lowest BCUT2D eigenvalue weighted by atomic mass is 10.1. The van der Waals surface area contributed by atoms with E-state index in [0.29, 0.717) is 28.8 Å². The monoisotopic (exact) mass is 416 g/mol. The van der Waals surface area contributed by atoms with E-state index in [4.69, 9.17) is 0 Å². The van der Waals surface area contributed by atoms with Crippen LogP contribution in [0.25, 0.3) is 11.0 Å². The van der Waals surface area contributed by atoms with E-state index in [1.54, 1.807) is 53.4 Å². The maximum absolute atomic E-state index is 13.2. The van der Waals surface area contributed by atoms with E-state index in [0.717, 1.165) is 17.5 Å². The van der Waals surface area contributed by atoms with Gasteiger partial charge in [0.25, 0.3) is 10.0 Å². The van der Waals surface area contributed by atoms with Crippen molar-refractivity contribution in [2.45, 2.75) is 24.8 Å². The van der Waals surface area contributed by atoms with Crippen LogP contribution in [0.3, 0.4) is 0 Å². The van der Waals surface area contributed by atoms with Crippen molar-refractivity contribution in [3.8, 4) is 6.07 Å². The molecule has 0 bridgehead atoms. The summed E-state index contributed by atoms with van der Waals surface area (Å²) in [6, 6.07) is 20.2. The van der Waals surface area contributed by atoms with Crippen molar-refractivity contribution in [3.05, 3.63) is 89.7 Å². The number of nitrogens with one attached hydrogen (secondary N) is 1. The van der Waals surface area contributed by atoms with E-state index in [1.165, 1.54) is 0 Å². The number of aromatic nitrogens is 2. The fourth-order valence-electron chi connectivity index (χ4n) is 3.39. The first-order valence-electron chi connectivity index (χ1n) is 9.55. The van der Waals surface area contributed by atoms with Gasteiger partial charge in [0.2, 0.25) is 0 Å². The van der Waals surface area contributed by atoms with Crippen molar-refractivity contribution in [1.82, 2.24) is 9.55 Å². The summed E-state index contributed by atoms with van der Waals surface area (Å²) < 4.78 is 30.7. The lowest BCUT2D eigenvalue weighted by molar-refractivity contribution is 0.601. The Balaban J connectivity index is 1.75. The van der Waals surface area contributed by atoms with Gasteiger partial charge in [-0.05, 0) is 47.9 Å².